The van der Waals surface area contributed by atoms with Crippen LogP contribution in [0.25, 0.3) is 28.1 Å². The Morgan fingerprint density at radius 1 is 0.442 bits per heavy atom. The molecule has 4 nitrogen and oxygen atoms in total. The molecule has 0 saturated carbocycles. The standard InChI is InChI=1S/C23H5BF15NO3/c1-2-23(43-24(41)42)4(3-6(25)10(29)14(33)11(30)7(3)26)21(5-8(27)12(31)15(34)13(32)9(5)28)40(2)22-19(38)17(36)16(35)18(37)20(22)39/h41-42H,1H3. The molecule has 20 heteroatoms. The minimum Gasteiger partial charge on any atom is -0.510 e. The largest absolute Gasteiger partial charge is 0.707 e. The van der Waals surface area contributed by atoms with E-state index in [0.717, 1.165) is 0 Å². The first-order chi connectivity index (χ1) is 19.9. The van der Waals surface area contributed by atoms with Gasteiger partial charge < -0.3 is 19.3 Å². The molecule has 0 atom stereocenters. The summed E-state index contributed by atoms with van der Waals surface area (Å²) in [6, 6.07) is 0. The molecule has 43 heavy (non-hydrogen) atoms. The molecule has 0 aliphatic heterocycles. The first-order valence-corrected chi connectivity index (χ1v) is 10.7. The fraction of sp³-hybridized carbons (Fsp3) is 0.0435. The minimum atomic E-state index is -3.25. The first-order valence-electron chi connectivity index (χ1n) is 10.7. The smallest absolute Gasteiger partial charge is 0.510 e. The summed E-state index contributed by atoms with van der Waals surface area (Å²) < 4.78 is 220. The predicted octanol–water partition coefficient (Wildman–Crippen LogP) is 6.55. The molecular formula is C23H5BF15NO3. The van der Waals surface area contributed by atoms with Crippen LogP contribution in [0.4, 0.5) is 65.9 Å². The third-order valence-corrected chi connectivity index (χ3v) is 5.89. The van der Waals surface area contributed by atoms with Crippen LogP contribution in [0.2, 0.25) is 0 Å². The molecule has 1 aromatic heterocycles. The monoisotopic (exact) mass is 639 g/mol. The zero-order valence-corrected chi connectivity index (χ0v) is 20.0. The normalized spacial score (nSPS) is 11.5. The molecule has 2 N–H and O–H groups in total. The average Bonchev–Trinajstić information content (AvgIpc) is 3.21. The maximum absolute atomic E-state index is 15.1. The highest BCUT2D eigenvalue weighted by Crippen LogP contribution is 2.50. The van der Waals surface area contributed by atoms with Crippen LogP contribution in [0, 0.1) is 94.2 Å². The molecule has 0 aliphatic carbocycles. The van der Waals surface area contributed by atoms with E-state index in [-0.39, 0.29) is 0 Å². The van der Waals surface area contributed by atoms with Gasteiger partial charge in [0.15, 0.2) is 69.8 Å². The number of halogens is 15. The Hall–Kier alpha value is -4.33. The van der Waals surface area contributed by atoms with E-state index in [0.29, 0.717) is 6.92 Å². The van der Waals surface area contributed by atoms with Crippen LogP contribution in [-0.4, -0.2) is 21.9 Å². The van der Waals surface area contributed by atoms with E-state index in [1.54, 1.807) is 0 Å². The van der Waals surface area contributed by atoms with Gasteiger partial charge in [-0.3, -0.25) is 0 Å². The molecule has 1 heterocycles. The second-order valence-corrected chi connectivity index (χ2v) is 8.23. The highest BCUT2D eigenvalue weighted by Gasteiger charge is 2.41. The van der Waals surface area contributed by atoms with E-state index >= 15 is 8.78 Å². The third kappa shape index (κ3) is 4.46. The van der Waals surface area contributed by atoms with Crippen molar-refractivity contribution in [1.82, 2.24) is 4.57 Å². The third-order valence-electron chi connectivity index (χ3n) is 5.89. The first kappa shape index (κ1) is 31.6. The Labute approximate surface area is 226 Å². The zero-order valence-electron chi connectivity index (χ0n) is 20.0. The average molecular weight is 639 g/mol. The summed E-state index contributed by atoms with van der Waals surface area (Å²) in [6.07, 6.45) is 0. The van der Waals surface area contributed by atoms with Gasteiger partial charge in [-0.15, -0.1) is 0 Å². The molecule has 0 bridgehead atoms. The summed E-state index contributed by atoms with van der Waals surface area (Å²) in [5, 5.41) is 18.6. The maximum Gasteiger partial charge on any atom is 0.707 e. The molecular weight excluding hydrogens is 634 g/mol. The summed E-state index contributed by atoms with van der Waals surface area (Å²) >= 11 is 0. The van der Waals surface area contributed by atoms with Crippen LogP contribution in [0.15, 0.2) is 0 Å². The Morgan fingerprint density at radius 3 is 1.09 bits per heavy atom. The topological polar surface area (TPSA) is 54.6 Å². The van der Waals surface area contributed by atoms with E-state index in [2.05, 4.69) is 4.65 Å². The van der Waals surface area contributed by atoms with Gasteiger partial charge in [-0.05, 0) is 6.92 Å². The Bertz CT molecular complexity index is 1770. The quantitative estimate of drug-likeness (QED) is 0.113. The van der Waals surface area contributed by atoms with Crippen LogP contribution in [0.5, 0.6) is 5.75 Å². The predicted molar refractivity (Wildman–Crippen MR) is 112 cm³/mol. The van der Waals surface area contributed by atoms with Crippen molar-refractivity contribution >= 4 is 7.32 Å². The highest BCUT2D eigenvalue weighted by molar-refractivity contribution is 6.34. The molecule has 4 aromatic rings. The van der Waals surface area contributed by atoms with Gasteiger partial charge in [0.05, 0.1) is 28.1 Å². The lowest BCUT2D eigenvalue weighted by Gasteiger charge is -2.18. The summed E-state index contributed by atoms with van der Waals surface area (Å²) in [4.78, 5) is 0. The number of aromatic nitrogens is 1. The van der Waals surface area contributed by atoms with Gasteiger partial charge in [0.25, 0.3) is 0 Å². The van der Waals surface area contributed by atoms with E-state index in [4.69, 9.17) is 0 Å². The van der Waals surface area contributed by atoms with E-state index in [9.17, 15) is 67.1 Å². The molecule has 0 unspecified atom stereocenters. The van der Waals surface area contributed by atoms with Crippen molar-refractivity contribution in [2.45, 2.75) is 6.92 Å². The van der Waals surface area contributed by atoms with E-state index in [1.165, 1.54) is 0 Å². The van der Waals surface area contributed by atoms with Crippen LogP contribution >= 0.6 is 0 Å². The Kier molecular flexibility index (Phi) is 7.90. The summed E-state index contributed by atoms with van der Waals surface area (Å²) in [7, 11) is -3.25. The van der Waals surface area contributed by atoms with Crippen molar-refractivity contribution < 1.29 is 80.6 Å². The number of benzene rings is 3. The SMILES string of the molecule is Cc1c(OB(O)O)c(-c2c(F)c(F)c(F)c(F)c2F)c(-c2c(F)c(F)c(F)c(F)c2F)n1-c1c(F)c(F)c(F)c(F)c1F. The van der Waals surface area contributed by atoms with Gasteiger partial charge in [0.1, 0.15) is 11.4 Å². The molecule has 3 aromatic carbocycles. The fourth-order valence-electron chi connectivity index (χ4n) is 4.09. The molecule has 0 fully saturated rings. The molecule has 0 spiro atoms. The van der Waals surface area contributed by atoms with Crippen LogP contribution in [0.3, 0.4) is 0 Å². The molecule has 0 saturated heterocycles. The van der Waals surface area contributed by atoms with Gasteiger partial charge >= 0.3 is 7.32 Å². The molecule has 0 aliphatic rings. The lowest BCUT2D eigenvalue weighted by molar-refractivity contribution is 0.287. The van der Waals surface area contributed by atoms with Crippen LogP contribution in [0.1, 0.15) is 5.69 Å². The van der Waals surface area contributed by atoms with Crippen LogP contribution in [-0.2, 0) is 0 Å². The summed E-state index contributed by atoms with van der Waals surface area (Å²) in [5.74, 6) is -45.3. The summed E-state index contributed by atoms with van der Waals surface area (Å²) in [5.41, 5.74) is -13.0. The van der Waals surface area contributed by atoms with E-state index in [1.807, 2.05) is 0 Å². The second-order valence-electron chi connectivity index (χ2n) is 8.23. The maximum atomic E-state index is 15.1. The van der Waals surface area contributed by atoms with Crippen molar-refractivity contribution in [3.8, 4) is 33.8 Å². The Morgan fingerprint density at radius 2 is 0.744 bits per heavy atom. The second kappa shape index (κ2) is 10.7. The molecule has 228 valence electrons. The zero-order chi connectivity index (χ0) is 32.6. The summed E-state index contributed by atoms with van der Waals surface area (Å²) in [6.45, 7) is 0.362. The number of hydrogen-bond donors (Lipinski definition) is 2. The van der Waals surface area contributed by atoms with Gasteiger partial charge in [-0.1, -0.05) is 0 Å². The van der Waals surface area contributed by atoms with Crippen LogP contribution < -0.4 is 4.65 Å². The lowest BCUT2D eigenvalue weighted by atomic mass is 9.97. The van der Waals surface area contributed by atoms with Crippen molar-refractivity contribution in [1.29, 1.82) is 0 Å². The Balaban J connectivity index is 2.46. The lowest BCUT2D eigenvalue weighted by Crippen LogP contribution is -2.21. The number of nitrogens with zero attached hydrogens (tertiary/aromatic N) is 1. The molecule has 4 rings (SSSR count). The minimum absolute atomic E-state index is 0.362. The van der Waals surface area contributed by atoms with Crippen molar-refractivity contribution in [2.75, 3.05) is 0 Å². The van der Waals surface area contributed by atoms with Gasteiger partial charge in [0, 0.05) is 0 Å². The molecule has 0 radical (unpaired) electrons. The van der Waals surface area contributed by atoms with Gasteiger partial charge in [-0.25, -0.2) is 65.9 Å². The molecule has 0 amide bonds. The number of rotatable bonds is 5. The van der Waals surface area contributed by atoms with E-state index < -0.39 is 139 Å². The van der Waals surface area contributed by atoms with Crippen molar-refractivity contribution in [3.63, 3.8) is 0 Å². The van der Waals surface area contributed by atoms with Gasteiger partial charge in [0.2, 0.25) is 17.5 Å². The fourth-order valence-corrected chi connectivity index (χ4v) is 4.09. The number of hydrogen-bond acceptors (Lipinski definition) is 3. The van der Waals surface area contributed by atoms with Crippen molar-refractivity contribution in [3.05, 3.63) is 93.0 Å². The highest BCUT2D eigenvalue weighted by atomic mass is 19.2. The van der Waals surface area contributed by atoms with Crippen molar-refractivity contribution in [2.24, 2.45) is 0 Å². The van der Waals surface area contributed by atoms with Gasteiger partial charge in [-0.2, -0.15) is 0 Å².